The fraction of sp³-hybridized carbons (Fsp3) is 0.455. The summed E-state index contributed by atoms with van der Waals surface area (Å²) >= 11 is 1.38. The molecule has 0 unspecified atom stereocenters. The molecule has 2 aromatic carbocycles. The molecule has 0 radical (unpaired) electrons. The van der Waals surface area contributed by atoms with E-state index in [1.54, 1.807) is 11.9 Å². The molecule has 9 nitrogen and oxygen atoms in total. The maximum Gasteiger partial charge on any atom is 0.307 e. The van der Waals surface area contributed by atoms with Crippen LogP contribution in [0.25, 0.3) is 11.3 Å². The summed E-state index contributed by atoms with van der Waals surface area (Å²) in [5.41, 5.74) is 2.20. The first-order valence-electron chi connectivity index (χ1n) is 14.6. The Bertz CT molecular complexity index is 1450. The molecule has 1 aromatic heterocycles. The highest BCUT2D eigenvalue weighted by atomic mass is 32.1. The van der Waals surface area contributed by atoms with Gasteiger partial charge >= 0.3 is 5.97 Å². The number of likely N-dealkylation sites (N-methyl/N-ethyl adjacent to an activating group) is 1. The predicted molar refractivity (Wildman–Crippen MR) is 167 cm³/mol. The summed E-state index contributed by atoms with van der Waals surface area (Å²) in [4.78, 5) is 50.0. The highest BCUT2D eigenvalue weighted by Gasteiger charge is 2.48. The van der Waals surface area contributed by atoms with Gasteiger partial charge in [-0.15, -0.1) is 11.3 Å². The lowest BCUT2D eigenvalue weighted by atomic mass is 9.80. The standard InChI is InChI=1S/C33H40N4O5S/c1-32(2,3)42-29(39)20-33(18-24-8-6-7-9-25(24)19-33)30(40)36(5)31-34-27(22-43-31)23-10-12-26(13-11-23)41-21-28(38)37-16-14-35(4)15-17-37/h6-13,22H,14-21H2,1-5H3. The number of amides is 2. The lowest BCUT2D eigenvalue weighted by Gasteiger charge is -2.32. The van der Waals surface area contributed by atoms with Crippen molar-refractivity contribution in [3.8, 4) is 17.0 Å². The van der Waals surface area contributed by atoms with E-state index in [1.165, 1.54) is 11.3 Å². The van der Waals surface area contributed by atoms with E-state index in [-0.39, 0.29) is 30.8 Å². The molecule has 2 heterocycles. The number of anilines is 1. The van der Waals surface area contributed by atoms with Crippen molar-refractivity contribution in [3.05, 3.63) is 65.0 Å². The quantitative estimate of drug-likeness (QED) is 0.351. The van der Waals surface area contributed by atoms with E-state index in [0.29, 0.717) is 23.7 Å². The average molecular weight is 605 g/mol. The number of ether oxygens (including phenoxy) is 2. The summed E-state index contributed by atoms with van der Waals surface area (Å²) in [6.07, 6.45) is 0.949. The fourth-order valence-electron chi connectivity index (χ4n) is 5.71. The highest BCUT2D eigenvalue weighted by molar-refractivity contribution is 7.14. The number of hydrogen-bond donors (Lipinski definition) is 0. The number of carbonyl (C=O) groups excluding carboxylic acids is 3. The van der Waals surface area contributed by atoms with Crippen LogP contribution < -0.4 is 9.64 Å². The molecular formula is C33H40N4O5S. The Labute approximate surface area is 257 Å². The van der Waals surface area contributed by atoms with Gasteiger partial charge in [-0.25, -0.2) is 4.98 Å². The molecule has 0 bridgehead atoms. The van der Waals surface area contributed by atoms with Crippen LogP contribution in [0.2, 0.25) is 0 Å². The van der Waals surface area contributed by atoms with Crippen LogP contribution in [0.3, 0.4) is 0 Å². The van der Waals surface area contributed by atoms with Crippen molar-refractivity contribution in [2.75, 3.05) is 51.8 Å². The van der Waals surface area contributed by atoms with Gasteiger partial charge in [0.15, 0.2) is 11.7 Å². The Morgan fingerprint density at radius 3 is 2.21 bits per heavy atom. The zero-order valence-corrected chi connectivity index (χ0v) is 26.4. The molecule has 10 heteroatoms. The van der Waals surface area contributed by atoms with Crippen LogP contribution in [-0.2, 0) is 32.0 Å². The number of nitrogens with zero attached hydrogens (tertiary/aromatic N) is 4. The molecule has 0 spiro atoms. The second-order valence-corrected chi connectivity index (χ2v) is 13.4. The largest absolute Gasteiger partial charge is 0.484 e. The summed E-state index contributed by atoms with van der Waals surface area (Å²) < 4.78 is 11.4. The molecule has 1 fully saturated rings. The summed E-state index contributed by atoms with van der Waals surface area (Å²) in [6, 6.07) is 15.4. The molecule has 5 rings (SSSR count). The number of benzene rings is 2. The fourth-order valence-corrected chi connectivity index (χ4v) is 6.51. The summed E-state index contributed by atoms with van der Waals surface area (Å²) in [6.45, 7) is 8.68. The molecule has 2 aliphatic rings. The Hall–Kier alpha value is -3.76. The number of fused-ring (bicyclic) bond motifs is 1. The number of carbonyl (C=O) groups is 3. The van der Waals surface area contributed by atoms with E-state index >= 15 is 0 Å². The van der Waals surface area contributed by atoms with E-state index in [0.717, 1.165) is 48.6 Å². The second-order valence-electron chi connectivity index (χ2n) is 12.5. The Morgan fingerprint density at radius 1 is 0.977 bits per heavy atom. The molecule has 2 amide bonds. The van der Waals surface area contributed by atoms with Crippen LogP contribution in [0.15, 0.2) is 53.9 Å². The van der Waals surface area contributed by atoms with E-state index in [2.05, 4.69) is 11.9 Å². The van der Waals surface area contributed by atoms with Crippen LogP contribution >= 0.6 is 11.3 Å². The molecule has 0 N–H and O–H groups in total. The monoisotopic (exact) mass is 604 g/mol. The second kappa shape index (κ2) is 12.5. The van der Waals surface area contributed by atoms with Crippen molar-refractivity contribution in [2.24, 2.45) is 5.41 Å². The van der Waals surface area contributed by atoms with Crippen molar-refractivity contribution in [1.82, 2.24) is 14.8 Å². The van der Waals surface area contributed by atoms with Crippen molar-refractivity contribution in [1.29, 1.82) is 0 Å². The maximum atomic E-state index is 14.1. The zero-order valence-electron chi connectivity index (χ0n) is 25.6. The SMILES string of the molecule is CN1CCN(C(=O)COc2ccc(-c3csc(N(C)C(=O)C4(CC(=O)OC(C)(C)C)Cc5ccccc5C4)n3)cc2)CC1. The van der Waals surface area contributed by atoms with Gasteiger partial charge in [-0.05, 0) is 76.1 Å². The topological polar surface area (TPSA) is 92.3 Å². The third-order valence-electron chi connectivity index (χ3n) is 7.98. The summed E-state index contributed by atoms with van der Waals surface area (Å²) in [7, 11) is 3.78. The number of aromatic nitrogens is 1. The first-order chi connectivity index (χ1) is 20.4. The Morgan fingerprint density at radius 2 is 1.60 bits per heavy atom. The van der Waals surface area contributed by atoms with Crippen LogP contribution in [-0.4, -0.2) is 85.0 Å². The molecule has 228 valence electrons. The Kier molecular flexibility index (Phi) is 8.89. The van der Waals surface area contributed by atoms with Gasteiger partial charge in [-0.2, -0.15) is 0 Å². The van der Waals surface area contributed by atoms with Gasteiger partial charge in [-0.1, -0.05) is 24.3 Å². The summed E-state index contributed by atoms with van der Waals surface area (Å²) in [5, 5.41) is 2.47. The van der Waals surface area contributed by atoms with Crippen LogP contribution in [0.4, 0.5) is 5.13 Å². The summed E-state index contributed by atoms with van der Waals surface area (Å²) in [5.74, 6) is 0.0707. The molecule has 3 aromatic rings. The normalized spacial score (nSPS) is 16.4. The van der Waals surface area contributed by atoms with E-state index in [9.17, 15) is 14.4 Å². The number of piperazine rings is 1. The molecule has 1 saturated heterocycles. The number of thiazole rings is 1. The zero-order chi connectivity index (χ0) is 30.8. The Balaban J connectivity index is 1.25. The van der Waals surface area contributed by atoms with Gasteiger partial charge in [0, 0.05) is 44.2 Å². The van der Waals surface area contributed by atoms with Crippen molar-refractivity contribution >= 4 is 34.3 Å². The molecule has 1 aliphatic heterocycles. The van der Waals surface area contributed by atoms with Gasteiger partial charge in [0.05, 0.1) is 17.5 Å². The first kappa shape index (κ1) is 30.7. The molecule has 1 aliphatic carbocycles. The number of hydrogen-bond acceptors (Lipinski definition) is 8. The molecule has 43 heavy (non-hydrogen) atoms. The minimum Gasteiger partial charge on any atom is -0.484 e. The third kappa shape index (κ3) is 7.25. The first-order valence-corrected chi connectivity index (χ1v) is 15.5. The van der Waals surface area contributed by atoms with Gasteiger partial charge < -0.3 is 19.3 Å². The lowest BCUT2D eigenvalue weighted by molar-refractivity contribution is -0.159. The van der Waals surface area contributed by atoms with Crippen LogP contribution in [0.5, 0.6) is 5.75 Å². The molecule has 0 atom stereocenters. The molecular weight excluding hydrogens is 564 g/mol. The van der Waals surface area contributed by atoms with Gasteiger partial charge in [0.2, 0.25) is 5.91 Å². The number of rotatable bonds is 8. The highest BCUT2D eigenvalue weighted by Crippen LogP contribution is 2.43. The van der Waals surface area contributed by atoms with Crippen LogP contribution in [0, 0.1) is 5.41 Å². The van der Waals surface area contributed by atoms with Crippen molar-refractivity contribution in [2.45, 2.75) is 45.6 Å². The van der Waals surface area contributed by atoms with E-state index in [4.69, 9.17) is 14.5 Å². The third-order valence-corrected chi connectivity index (χ3v) is 8.90. The molecule has 0 saturated carbocycles. The van der Waals surface area contributed by atoms with Gasteiger partial charge in [0.25, 0.3) is 5.91 Å². The van der Waals surface area contributed by atoms with E-state index < -0.39 is 11.0 Å². The van der Waals surface area contributed by atoms with Crippen molar-refractivity contribution in [3.63, 3.8) is 0 Å². The maximum absolute atomic E-state index is 14.1. The van der Waals surface area contributed by atoms with E-state index in [1.807, 2.05) is 79.6 Å². The van der Waals surface area contributed by atoms with Gasteiger partial charge in [-0.3, -0.25) is 19.3 Å². The van der Waals surface area contributed by atoms with Crippen LogP contribution in [0.1, 0.15) is 38.3 Å². The lowest BCUT2D eigenvalue weighted by Crippen LogP contribution is -2.48. The van der Waals surface area contributed by atoms with Gasteiger partial charge in [0.1, 0.15) is 11.4 Å². The minimum atomic E-state index is -0.937. The minimum absolute atomic E-state index is 0.000864. The van der Waals surface area contributed by atoms with Crippen molar-refractivity contribution < 1.29 is 23.9 Å². The predicted octanol–water partition coefficient (Wildman–Crippen LogP) is 4.44. The average Bonchev–Trinajstić information content (AvgIpc) is 3.60. The smallest absolute Gasteiger partial charge is 0.307 e. The number of esters is 1.